The Kier molecular flexibility index (Phi) is 4.65. The number of carboxylic acid groups (broad SMARTS) is 1. The van der Waals surface area contributed by atoms with Crippen LogP contribution in [0.4, 0.5) is 4.79 Å². The number of carbonyl (C=O) groups excluding carboxylic acids is 1. The van der Waals surface area contributed by atoms with E-state index in [4.69, 9.17) is 5.11 Å². The molecule has 0 saturated heterocycles. The summed E-state index contributed by atoms with van der Waals surface area (Å²) in [5.41, 5.74) is 0.645. The molecule has 108 valence electrons. The molecule has 5 nitrogen and oxygen atoms in total. The van der Waals surface area contributed by atoms with Crippen molar-refractivity contribution in [2.24, 2.45) is 0 Å². The van der Waals surface area contributed by atoms with E-state index in [1.54, 1.807) is 36.2 Å². The van der Waals surface area contributed by atoms with Gasteiger partial charge < -0.3 is 15.3 Å². The Balaban J connectivity index is 2.19. The number of hydrogen-bond acceptors (Lipinski definition) is 2. The smallest absolute Gasteiger partial charge is 0.405 e. The lowest BCUT2D eigenvalue weighted by Gasteiger charge is -2.36. The van der Waals surface area contributed by atoms with Gasteiger partial charge in [0.2, 0.25) is 5.91 Å². The number of amides is 2. The van der Waals surface area contributed by atoms with Crippen LogP contribution < -0.4 is 5.32 Å². The Morgan fingerprint density at radius 3 is 2.40 bits per heavy atom. The number of nitrogens with zero attached hydrogens (tertiary/aromatic N) is 1. The quantitative estimate of drug-likeness (QED) is 0.885. The minimum atomic E-state index is -1.20. The van der Waals surface area contributed by atoms with E-state index in [9.17, 15) is 9.59 Å². The minimum absolute atomic E-state index is 0.209. The van der Waals surface area contributed by atoms with Crippen LogP contribution in [0.15, 0.2) is 28.7 Å². The lowest BCUT2D eigenvalue weighted by molar-refractivity contribution is -0.135. The molecule has 0 radical (unpaired) electrons. The van der Waals surface area contributed by atoms with Gasteiger partial charge in [-0.3, -0.25) is 4.79 Å². The summed E-state index contributed by atoms with van der Waals surface area (Å²) in [5.74, 6) is -0.209. The van der Waals surface area contributed by atoms with Crippen LogP contribution in [-0.2, 0) is 4.79 Å². The zero-order valence-corrected chi connectivity index (χ0v) is 12.8. The van der Waals surface area contributed by atoms with Gasteiger partial charge in [-0.25, -0.2) is 4.79 Å². The summed E-state index contributed by atoms with van der Waals surface area (Å²) in [6, 6.07) is 6.46. The van der Waals surface area contributed by atoms with Crippen molar-refractivity contribution < 1.29 is 14.7 Å². The van der Waals surface area contributed by atoms with Crippen LogP contribution in [0, 0.1) is 0 Å². The fourth-order valence-corrected chi connectivity index (χ4v) is 2.49. The normalized spacial score (nSPS) is 16.1. The topological polar surface area (TPSA) is 69.6 Å². The molecule has 0 aliphatic heterocycles. The SMILES string of the molecule is CN(C(=O)[C@H](NC(=O)O)c1ccc(Br)cc1)C1CCC1. The molecule has 1 atom stereocenters. The summed E-state index contributed by atoms with van der Waals surface area (Å²) < 4.78 is 0.884. The predicted molar refractivity (Wildman–Crippen MR) is 78.5 cm³/mol. The molecule has 20 heavy (non-hydrogen) atoms. The van der Waals surface area contributed by atoms with Crippen LogP contribution in [0.2, 0.25) is 0 Å². The van der Waals surface area contributed by atoms with Crippen LogP contribution in [0.1, 0.15) is 30.9 Å². The van der Waals surface area contributed by atoms with E-state index in [1.165, 1.54) is 0 Å². The van der Waals surface area contributed by atoms with Crippen molar-refractivity contribution in [3.05, 3.63) is 34.3 Å². The standard InChI is InChI=1S/C14H17BrN2O3/c1-17(11-3-2-4-11)13(18)12(16-14(19)20)9-5-7-10(15)8-6-9/h5-8,11-12,16H,2-4H2,1H3,(H,19,20)/t12-/m1/s1. The van der Waals surface area contributed by atoms with Gasteiger partial charge in [0.05, 0.1) is 0 Å². The fraction of sp³-hybridized carbons (Fsp3) is 0.429. The third-order valence-electron chi connectivity index (χ3n) is 3.69. The van der Waals surface area contributed by atoms with Gasteiger partial charge >= 0.3 is 6.09 Å². The van der Waals surface area contributed by atoms with Crippen molar-refractivity contribution >= 4 is 27.9 Å². The van der Waals surface area contributed by atoms with E-state index in [0.717, 1.165) is 23.7 Å². The first-order valence-electron chi connectivity index (χ1n) is 6.50. The fourth-order valence-electron chi connectivity index (χ4n) is 2.22. The summed E-state index contributed by atoms with van der Waals surface area (Å²) >= 11 is 3.32. The molecule has 1 fully saturated rings. The van der Waals surface area contributed by atoms with Crippen LogP contribution in [0.5, 0.6) is 0 Å². The van der Waals surface area contributed by atoms with Gasteiger partial charge in [0.15, 0.2) is 0 Å². The first kappa shape index (κ1) is 14.8. The Morgan fingerprint density at radius 2 is 1.95 bits per heavy atom. The maximum Gasteiger partial charge on any atom is 0.405 e. The molecular formula is C14H17BrN2O3. The van der Waals surface area contributed by atoms with Crippen LogP contribution >= 0.6 is 15.9 Å². The maximum atomic E-state index is 12.5. The largest absolute Gasteiger partial charge is 0.465 e. The molecule has 2 rings (SSSR count). The highest BCUT2D eigenvalue weighted by atomic mass is 79.9. The summed E-state index contributed by atoms with van der Waals surface area (Å²) in [7, 11) is 1.74. The molecule has 0 aromatic heterocycles. The first-order chi connectivity index (χ1) is 9.49. The van der Waals surface area contributed by atoms with E-state index in [1.807, 2.05) is 0 Å². The van der Waals surface area contributed by atoms with Gasteiger partial charge in [-0.05, 0) is 37.0 Å². The molecule has 0 unspecified atom stereocenters. The molecule has 0 bridgehead atoms. The second-order valence-electron chi connectivity index (χ2n) is 4.97. The zero-order chi connectivity index (χ0) is 14.7. The van der Waals surface area contributed by atoms with Gasteiger partial charge in [-0.1, -0.05) is 28.1 Å². The lowest BCUT2D eigenvalue weighted by atomic mass is 9.91. The maximum absolute atomic E-state index is 12.5. The molecule has 1 saturated carbocycles. The average molecular weight is 341 g/mol. The van der Waals surface area contributed by atoms with Gasteiger partial charge in [0.25, 0.3) is 0 Å². The van der Waals surface area contributed by atoms with E-state index in [2.05, 4.69) is 21.2 Å². The first-order valence-corrected chi connectivity index (χ1v) is 7.30. The average Bonchev–Trinajstić information content (AvgIpc) is 2.34. The van der Waals surface area contributed by atoms with Crippen molar-refractivity contribution in [2.45, 2.75) is 31.3 Å². The summed E-state index contributed by atoms with van der Waals surface area (Å²) in [6.45, 7) is 0. The van der Waals surface area contributed by atoms with E-state index >= 15 is 0 Å². The Labute approximate surface area is 126 Å². The summed E-state index contributed by atoms with van der Waals surface area (Å²) in [5, 5.41) is 11.3. The highest BCUT2D eigenvalue weighted by molar-refractivity contribution is 9.10. The van der Waals surface area contributed by atoms with E-state index < -0.39 is 12.1 Å². The summed E-state index contributed by atoms with van der Waals surface area (Å²) in [6.07, 6.45) is 1.90. The third kappa shape index (κ3) is 3.30. The number of nitrogens with one attached hydrogen (secondary N) is 1. The van der Waals surface area contributed by atoms with Crippen molar-refractivity contribution in [1.29, 1.82) is 0 Å². The predicted octanol–water partition coefficient (Wildman–Crippen LogP) is 2.77. The molecular weight excluding hydrogens is 324 g/mol. The molecule has 2 N–H and O–H groups in total. The van der Waals surface area contributed by atoms with Crippen molar-refractivity contribution in [1.82, 2.24) is 10.2 Å². The minimum Gasteiger partial charge on any atom is -0.465 e. The third-order valence-corrected chi connectivity index (χ3v) is 4.22. The molecule has 1 aliphatic carbocycles. The molecule has 2 amide bonds. The van der Waals surface area contributed by atoms with Gasteiger partial charge in [0, 0.05) is 17.6 Å². The molecule has 1 aliphatic rings. The Bertz CT molecular complexity index is 500. The van der Waals surface area contributed by atoms with Gasteiger partial charge in [-0.2, -0.15) is 0 Å². The Morgan fingerprint density at radius 1 is 1.35 bits per heavy atom. The molecule has 1 aromatic rings. The van der Waals surface area contributed by atoms with Crippen molar-refractivity contribution in [3.63, 3.8) is 0 Å². The van der Waals surface area contributed by atoms with E-state index in [0.29, 0.717) is 5.56 Å². The number of halogens is 1. The number of rotatable bonds is 4. The number of carbonyl (C=O) groups is 2. The van der Waals surface area contributed by atoms with Crippen LogP contribution in [-0.4, -0.2) is 35.1 Å². The molecule has 0 spiro atoms. The van der Waals surface area contributed by atoms with Crippen LogP contribution in [0.3, 0.4) is 0 Å². The number of hydrogen-bond donors (Lipinski definition) is 2. The van der Waals surface area contributed by atoms with E-state index in [-0.39, 0.29) is 11.9 Å². The monoisotopic (exact) mass is 340 g/mol. The second kappa shape index (κ2) is 6.26. The number of likely N-dealkylation sites (N-methyl/N-ethyl adjacent to an activating group) is 1. The van der Waals surface area contributed by atoms with Gasteiger partial charge in [-0.15, -0.1) is 0 Å². The van der Waals surface area contributed by atoms with Crippen LogP contribution in [0.25, 0.3) is 0 Å². The van der Waals surface area contributed by atoms with Crippen molar-refractivity contribution in [3.8, 4) is 0 Å². The highest BCUT2D eigenvalue weighted by Gasteiger charge is 2.31. The lowest BCUT2D eigenvalue weighted by Crippen LogP contribution is -2.47. The van der Waals surface area contributed by atoms with Crippen molar-refractivity contribution in [2.75, 3.05) is 7.05 Å². The number of benzene rings is 1. The highest BCUT2D eigenvalue weighted by Crippen LogP contribution is 2.27. The second-order valence-corrected chi connectivity index (χ2v) is 5.88. The molecule has 1 aromatic carbocycles. The Hall–Kier alpha value is -1.56. The summed E-state index contributed by atoms with van der Waals surface area (Å²) in [4.78, 5) is 25.1. The van der Waals surface area contributed by atoms with Gasteiger partial charge in [0.1, 0.15) is 6.04 Å². The molecule has 6 heteroatoms. The molecule has 0 heterocycles. The zero-order valence-electron chi connectivity index (χ0n) is 11.2.